The van der Waals surface area contributed by atoms with E-state index in [4.69, 9.17) is 0 Å². The van der Waals surface area contributed by atoms with Crippen molar-refractivity contribution < 1.29 is 4.39 Å². The number of hydrogen-bond donors (Lipinski definition) is 1. The lowest BCUT2D eigenvalue weighted by atomic mass is 10.2. The van der Waals surface area contributed by atoms with Gasteiger partial charge in [0, 0.05) is 19.3 Å². The molecule has 0 radical (unpaired) electrons. The third-order valence-electron chi connectivity index (χ3n) is 2.90. The highest BCUT2D eigenvalue weighted by Gasteiger charge is 2.11. The van der Waals surface area contributed by atoms with Crippen LogP contribution >= 0.6 is 0 Å². The molecule has 0 aliphatic rings. The lowest BCUT2D eigenvalue weighted by Gasteiger charge is -2.25. The summed E-state index contributed by atoms with van der Waals surface area (Å²) in [7, 11) is 1.80. The molecule has 94 valence electrons. The number of rotatable bonds is 4. The molecule has 0 amide bonds. The lowest BCUT2D eigenvalue weighted by Crippen LogP contribution is -2.17. The number of anilines is 3. The maximum absolute atomic E-state index is 13.2. The average molecular weight is 244 g/mol. The topological polar surface area (TPSA) is 15.3 Å². The van der Waals surface area contributed by atoms with E-state index >= 15 is 0 Å². The minimum atomic E-state index is -0.229. The number of benzene rings is 2. The number of para-hydroxylation sites is 1. The van der Waals surface area contributed by atoms with Gasteiger partial charge in [0.05, 0.1) is 11.4 Å². The minimum Gasteiger partial charge on any atom is -0.386 e. The molecule has 0 aromatic heterocycles. The second-order valence-electron chi connectivity index (χ2n) is 3.99. The molecule has 2 nitrogen and oxygen atoms in total. The molecule has 0 atom stereocenters. The number of nitrogens with zero attached hydrogens (tertiary/aromatic N) is 1. The zero-order chi connectivity index (χ0) is 13.0. The molecule has 2 aromatic carbocycles. The molecule has 3 heteroatoms. The molecule has 0 heterocycles. The van der Waals surface area contributed by atoms with Crippen LogP contribution in [0.3, 0.4) is 0 Å². The summed E-state index contributed by atoms with van der Waals surface area (Å²) in [6.07, 6.45) is 0. The molecule has 2 rings (SSSR count). The smallest absolute Gasteiger partial charge is 0.125 e. The zero-order valence-electron chi connectivity index (χ0n) is 10.7. The van der Waals surface area contributed by atoms with Crippen molar-refractivity contribution in [2.45, 2.75) is 6.92 Å². The quantitative estimate of drug-likeness (QED) is 0.873. The maximum atomic E-state index is 13.2. The Morgan fingerprint density at radius 2 is 1.83 bits per heavy atom. The molecule has 0 aliphatic carbocycles. The Hall–Kier alpha value is -2.03. The first-order valence-electron chi connectivity index (χ1n) is 6.06. The van der Waals surface area contributed by atoms with E-state index in [-0.39, 0.29) is 5.82 Å². The van der Waals surface area contributed by atoms with Crippen molar-refractivity contribution in [2.24, 2.45) is 0 Å². The van der Waals surface area contributed by atoms with E-state index in [0.717, 1.165) is 23.6 Å². The first kappa shape index (κ1) is 12.4. The average Bonchev–Trinajstić information content (AvgIpc) is 2.42. The molecular formula is C15H17FN2. The summed E-state index contributed by atoms with van der Waals surface area (Å²) in [6, 6.07) is 14.9. The van der Waals surface area contributed by atoms with Crippen LogP contribution in [0.25, 0.3) is 0 Å². The van der Waals surface area contributed by atoms with Gasteiger partial charge in [-0.25, -0.2) is 4.39 Å². The largest absolute Gasteiger partial charge is 0.386 e. The van der Waals surface area contributed by atoms with Crippen molar-refractivity contribution in [3.05, 3.63) is 54.3 Å². The van der Waals surface area contributed by atoms with Crippen molar-refractivity contribution >= 4 is 17.1 Å². The van der Waals surface area contributed by atoms with Crippen LogP contribution in [0.1, 0.15) is 6.92 Å². The molecule has 0 saturated carbocycles. The normalized spacial score (nSPS) is 10.2. The third kappa shape index (κ3) is 2.45. The zero-order valence-corrected chi connectivity index (χ0v) is 10.7. The molecular weight excluding hydrogens is 227 g/mol. The fourth-order valence-corrected chi connectivity index (χ4v) is 2.04. The Kier molecular flexibility index (Phi) is 3.82. The fraction of sp³-hybridized carbons (Fsp3) is 0.200. The second kappa shape index (κ2) is 5.54. The summed E-state index contributed by atoms with van der Waals surface area (Å²) in [5.74, 6) is -0.229. The van der Waals surface area contributed by atoms with Crippen LogP contribution in [0.5, 0.6) is 0 Å². The van der Waals surface area contributed by atoms with Gasteiger partial charge in [0.2, 0.25) is 0 Å². The second-order valence-corrected chi connectivity index (χ2v) is 3.99. The van der Waals surface area contributed by atoms with Crippen molar-refractivity contribution in [3.8, 4) is 0 Å². The first-order chi connectivity index (χ1) is 8.76. The maximum Gasteiger partial charge on any atom is 0.125 e. The number of halogens is 1. The highest BCUT2D eigenvalue weighted by Crippen LogP contribution is 2.32. The van der Waals surface area contributed by atoms with Crippen LogP contribution in [0.2, 0.25) is 0 Å². The highest BCUT2D eigenvalue weighted by molar-refractivity contribution is 5.76. The minimum absolute atomic E-state index is 0.229. The monoisotopic (exact) mass is 244 g/mol. The van der Waals surface area contributed by atoms with Crippen LogP contribution in [0.15, 0.2) is 48.5 Å². The van der Waals surface area contributed by atoms with E-state index in [1.165, 1.54) is 12.1 Å². The van der Waals surface area contributed by atoms with E-state index in [1.54, 1.807) is 13.1 Å². The van der Waals surface area contributed by atoms with E-state index in [2.05, 4.69) is 17.1 Å². The van der Waals surface area contributed by atoms with Crippen LogP contribution < -0.4 is 10.2 Å². The lowest BCUT2D eigenvalue weighted by molar-refractivity contribution is 0.628. The Labute approximate surface area is 107 Å². The summed E-state index contributed by atoms with van der Waals surface area (Å²) < 4.78 is 13.2. The van der Waals surface area contributed by atoms with Crippen molar-refractivity contribution in [1.29, 1.82) is 0 Å². The summed E-state index contributed by atoms with van der Waals surface area (Å²) in [5, 5.41) is 3.04. The van der Waals surface area contributed by atoms with Gasteiger partial charge in [0.15, 0.2) is 0 Å². The molecule has 0 spiro atoms. The van der Waals surface area contributed by atoms with Gasteiger partial charge in [-0.05, 0) is 37.3 Å². The van der Waals surface area contributed by atoms with E-state index in [1.807, 2.05) is 30.3 Å². The van der Waals surface area contributed by atoms with Gasteiger partial charge in [-0.2, -0.15) is 0 Å². The highest BCUT2D eigenvalue weighted by atomic mass is 19.1. The standard InChI is InChI=1S/C15H17FN2/c1-3-18(13-7-5-4-6-8-13)15-10-9-12(16)11-14(15)17-2/h4-11,17H,3H2,1-2H3. The number of nitrogens with one attached hydrogen (secondary N) is 1. The van der Waals surface area contributed by atoms with Crippen LogP contribution in [0.4, 0.5) is 21.5 Å². The summed E-state index contributed by atoms with van der Waals surface area (Å²) in [6.45, 7) is 2.90. The predicted octanol–water partition coefficient (Wildman–Crippen LogP) is 4.03. The Balaban J connectivity index is 2.45. The van der Waals surface area contributed by atoms with Gasteiger partial charge in [0.25, 0.3) is 0 Å². The SMILES string of the molecule is CCN(c1ccccc1)c1ccc(F)cc1NC. The summed E-state index contributed by atoms with van der Waals surface area (Å²) in [4.78, 5) is 2.14. The summed E-state index contributed by atoms with van der Waals surface area (Å²) >= 11 is 0. The molecule has 0 aliphatic heterocycles. The van der Waals surface area contributed by atoms with Gasteiger partial charge in [-0.1, -0.05) is 18.2 Å². The van der Waals surface area contributed by atoms with E-state index < -0.39 is 0 Å². The molecule has 18 heavy (non-hydrogen) atoms. The van der Waals surface area contributed by atoms with Gasteiger partial charge in [-0.15, -0.1) is 0 Å². The third-order valence-corrected chi connectivity index (χ3v) is 2.90. The van der Waals surface area contributed by atoms with Crippen LogP contribution in [-0.4, -0.2) is 13.6 Å². The van der Waals surface area contributed by atoms with Gasteiger partial charge < -0.3 is 10.2 Å². The predicted molar refractivity (Wildman–Crippen MR) is 75.1 cm³/mol. The van der Waals surface area contributed by atoms with Gasteiger partial charge in [0.1, 0.15) is 5.82 Å². The van der Waals surface area contributed by atoms with Crippen LogP contribution in [0, 0.1) is 5.82 Å². The Bertz CT molecular complexity index is 511. The van der Waals surface area contributed by atoms with Gasteiger partial charge >= 0.3 is 0 Å². The Morgan fingerprint density at radius 3 is 2.44 bits per heavy atom. The summed E-state index contributed by atoms with van der Waals surface area (Å²) in [5.41, 5.74) is 2.87. The molecule has 0 unspecified atom stereocenters. The Morgan fingerprint density at radius 1 is 1.11 bits per heavy atom. The number of hydrogen-bond acceptors (Lipinski definition) is 2. The van der Waals surface area contributed by atoms with Crippen molar-refractivity contribution in [2.75, 3.05) is 23.8 Å². The molecule has 2 aromatic rings. The van der Waals surface area contributed by atoms with Crippen LogP contribution in [-0.2, 0) is 0 Å². The van der Waals surface area contributed by atoms with Crippen molar-refractivity contribution in [3.63, 3.8) is 0 Å². The van der Waals surface area contributed by atoms with Crippen molar-refractivity contribution in [1.82, 2.24) is 0 Å². The fourth-order valence-electron chi connectivity index (χ4n) is 2.04. The van der Waals surface area contributed by atoms with E-state index in [9.17, 15) is 4.39 Å². The molecule has 0 bridgehead atoms. The molecule has 0 saturated heterocycles. The van der Waals surface area contributed by atoms with E-state index in [0.29, 0.717) is 0 Å². The molecule has 1 N–H and O–H groups in total. The van der Waals surface area contributed by atoms with Gasteiger partial charge in [-0.3, -0.25) is 0 Å². The first-order valence-corrected chi connectivity index (χ1v) is 6.06. The molecule has 0 fully saturated rings.